The van der Waals surface area contributed by atoms with Crippen LogP contribution in [0.5, 0.6) is 0 Å². The Morgan fingerprint density at radius 1 is 1.00 bits per heavy atom. The molecule has 1 amide bonds. The number of benzene rings is 1. The third kappa shape index (κ3) is 6.64. The molecule has 0 bridgehead atoms. The number of hydrogen-bond donors (Lipinski definition) is 0. The van der Waals surface area contributed by atoms with Crippen molar-refractivity contribution in [3.8, 4) is 0 Å². The smallest absolute Gasteiger partial charge is 0.425 e. The molecular weight excluding hydrogens is 360 g/mol. The molecule has 2 rings (SSSR count). The Hall–Kier alpha value is -2.41. The van der Waals surface area contributed by atoms with E-state index in [1.807, 2.05) is 20.8 Å². The molecule has 0 N–H and O–H groups in total. The lowest BCUT2D eigenvalue weighted by molar-refractivity contribution is -0.118. The highest BCUT2D eigenvalue weighted by Crippen LogP contribution is 2.19. The number of ketones is 1. The van der Waals surface area contributed by atoms with E-state index in [1.165, 1.54) is 5.01 Å². The van der Waals surface area contributed by atoms with E-state index in [1.54, 1.807) is 50.0 Å². The van der Waals surface area contributed by atoms with Gasteiger partial charge in [-0.05, 0) is 59.2 Å². The highest BCUT2D eigenvalue weighted by atomic mass is 16.6. The summed E-state index contributed by atoms with van der Waals surface area (Å²) in [6.45, 7) is 11.8. The zero-order valence-corrected chi connectivity index (χ0v) is 17.6. The molecule has 0 aromatic heterocycles. The summed E-state index contributed by atoms with van der Waals surface area (Å²) in [5.74, 6) is -0.304. The average Bonchev–Trinajstić information content (AvgIpc) is 2.96. The van der Waals surface area contributed by atoms with Gasteiger partial charge in [-0.25, -0.2) is 19.6 Å². The molecule has 1 aromatic carbocycles. The van der Waals surface area contributed by atoms with Crippen LogP contribution in [-0.4, -0.2) is 52.2 Å². The Kier molecular flexibility index (Phi) is 6.49. The van der Waals surface area contributed by atoms with Crippen molar-refractivity contribution < 1.29 is 23.9 Å². The Bertz CT molecular complexity index is 729. The van der Waals surface area contributed by atoms with Gasteiger partial charge in [0.05, 0.1) is 18.7 Å². The molecule has 1 aromatic rings. The van der Waals surface area contributed by atoms with Gasteiger partial charge < -0.3 is 9.47 Å². The van der Waals surface area contributed by atoms with Gasteiger partial charge in [0.1, 0.15) is 17.0 Å². The van der Waals surface area contributed by atoms with Crippen molar-refractivity contribution in [1.82, 2.24) is 10.0 Å². The summed E-state index contributed by atoms with van der Waals surface area (Å²) in [5, 5.41) is 3.16. The molecule has 1 aliphatic rings. The molecule has 7 nitrogen and oxygen atoms in total. The SMILES string of the molecule is CC(C)(C)OC(=O)c1ccc(CN(C(=O)OC(C)(C)C)N2CCC(=O)C2)cc1. The Labute approximate surface area is 166 Å². The van der Waals surface area contributed by atoms with E-state index < -0.39 is 23.3 Å². The summed E-state index contributed by atoms with van der Waals surface area (Å²) in [4.78, 5) is 36.5. The minimum Gasteiger partial charge on any atom is -0.456 e. The Balaban J connectivity index is 2.14. The monoisotopic (exact) mass is 390 g/mol. The molecule has 0 aliphatic carbocycles. The average molecular weight is 390 g/mol. The number of hydrazine groups is 1. The minimum atomic E-state index is -0.639. The van der Waals surface area contributed by atoms with E-state index in [-0.39, 0.29) is 18.9 Å². The van der Waals surface area contributed by atoms with Gasteiger partial charge in [-0.15, -0.1) is 0 Å². The quantitative estimate of drug-likeness (QED) is 0.732. The second kappa shape index (κ2) is 8.31. The molecule has 0 radical (unpaired) electrons. The summed E-state index contributed by atoms with van der Waals surface area (Å²) < 4.78 is 10.9. The van der Waals surface area contributed by atoms with Gasteiger partial charge in [-0.1, -0.05) is 12.1 Å². The maximum absolute atomic E-state index is 12.7. The molecule has 1 aliphatic heterocycles. The van der Waals surface area contributed by atoms with Gasteiger partial charge in [0.25, 0.3) is 0 Å². The molecule has 1 saturated heterocycles. The van der Waals surface area contributed by atoms with E-state index in [4.69, 9.17) is 9.47 Å². The number of rotatable bonds is 4. The topological polar surface area (TPSA) is 76.2 Å². The molecule has 28 heavy (non-hydrogen) atoms. The Morgan fingerprint density at radius 3 is 2.04 bits per heavy atom. The molecule has 1 fully saturated rings. The van der Waals surface area contributed by atoms with E-state index in [9.17, 15) is 14.4 Å². The molecular formula is C21H30N2O5. The van der Waals surface area contributed by atoms with Gasteiger partial charge in [0.15, 0.2) is 0 Å². The lowest BCUT2D eigenvalue weighted by atomic mass is 10.1. The number of hydrogen-bond acceptors (Lipinski definition) is 6. The van der Waals surface area contributed by atoms with Gasteiger partial charge in [0.2, 0.25) is 0 Å². The predicted molar refractivity (Wildman–Crippen MR) is 105 cm³/mol. The second-order valence-electron chi connectivity index (χ2n) is 8.91. The van der Waals surface area contributed by atoms with E-state index in [0.29, 0.717) is 18.5 Å². The number of nitrogens with zero attached hydrogens (tertiary/aromatic N) is 2. The summed E-state index contributed by atoms with van der Waals surface area (Å²) in [6, 6.07) is 6.89. The first-order valence-corrected chi connectivity index (χ1v) is 9.43. The van der Waals surface area contributed by atoms with Gasteiger partial charge in [-0.3, -0.25) is 4.79 Å². The predicted octanol–water partition coefficient (Wildman–Crippen LogP) is 3.57. The number of amides is 1. The van der Waals surface area contributed by atoms with Crippen molar-refractivity contribution in [2.75, 3.05) is 13.1 Å². The number of esters is 1. The van der Waals surface area contributed by atoms with Crippen LogP contribution in [0.15, 0.2) is 24.3 Å². The summed E-state index contributed by atoms with van der Waals surface area (Å²) >= 11 is 0. The Morgan fingerprint density at radius 2 is 1.57 bits per heavy atom. The van der Waals surface area contributed by atoms with E-state index >= 15 is 0 Å². The summed E-state index contributed by atoms with van der Waals surface area (Å²) in [7, 11) is 0. The van der Waals surface area contributed by atoms with Crippen LogP contribution in [0.4, 0.5) is 4.79 Å². The highest BCUT2D eigenvalue weighted by Gasteiger charge is 2.31. The zero-order valence-electron chi connectivity index (χ0n) is 17.6. The first-order valence-electron chi connectivity index (χ1n) is 9.43. The lowest BCUT2D eigenvalue weighted by Crippen LogP contribution is -2.47. The van der Waals surface area contributed by atoms with Crippen LogP contribution in [0.1, 0.15) is 63.9 Å². The molecule has 7 heteroatoms. The highest BCUT2D eigenvalue weighted by molar-refractivity contribution is 5.89. The van der Waals surface area contributed by atoms with E-state index in [0.717, 1.165) is 5.56 Å². The lowest BCUT2D eigenvalue weighted by Gasteiger charge is -2.33. The largest absolute Gasteiger partial charge is 0.456 e. The summed E-state index contributed by atoms with van der Waals surface area (Å²) in [5.41, 5.74) is 0.0573. The number of carbonyl (C=O) groups excluding carboxylic acids is 3. The maximum Gasteiger partial charge on any atom is 0.425 e. The molecule has 0 unspecified atom stereocenters. The van der Waals surface area contributed by atoms with E-state index in [2.05, 4.69) is 0 Å². The van der Waals surface area contributed by atoms with Crippen LogP contribution in [0.25, 0.3) is 0 Å². The molecule has 0 atom stereocenters. The fourth-order valence-corrected chi connectivity index (χ4v) is 2.67. The van der Waals surface area contributed by atoms with Gasteiger partial charge in [0, 0.05) is 13.0 Å². The fourth-order valence-electron chi connectivity index (χ4n) is 2.67. The van der Waals surface area contributed by atoms with Crippen LogP contribution >= 0.6 is 0 Å². The van der Waals surface area contributed by atoms with Crippen molar-refractivity contribution in [3.05, 3.63) is 35.4 Å². The van der Waals surface area contributed by atoms with Crippen LogP contribution in [0.3, 0.4) is 0 Å². The fraction of sp³-hybridized carbons (Fsp3) is 0.571. The third-order valence-electron chi connectivity index (χ3n) is 3.87. The number of ether oxygens (including phenoxy) is 2. The minimum absolute atomic E-state index is 0.0915. The molecule has 0 spiro atoms. The normalized spacial score (nSPS) is 15.4. The van der Waals surface area contributed by atoms with Crippen molar-refractivity contribution in [2.45, 2.75) is 65.7 Å². The van der Waals surface area contributed by atoms with Gasteiger partial charge >= 0.3 is 12.1 Å². The number of carbonyl (C=O) groups is 3. The van der Waals surface area contributed by atoms with Crippen LogP contribution < -0.4 is 0 Å². The first-order chi connectivity index (χ1) is 12.8. The van der Waals surface area contributed by atoms with Crippen molar-refractivity contribution in [2.24, 2.45) is 0 Å². The molecule has 1 heterocycles. The maximum atomic E-state index is 12.7. The van der Waals surface area contributed by atoms with Gasteiger partial charge in [-0.2, -0.15) is 0 Å². The van der Waals surface area contributed by atoms with Crippen molar-refractivity contribution in [3.63, 3.8) is 0 Å². The second-order valence-corrected chi connectivity index (χ2v) is 8.91. The van der Waals surface area contributed by atoms with Crippen LogP contribution in [0, 0.1) is 0 Å². The van der Waals surface area contributed by atoms with Crippen LogP contribution in [-0.2, 0) is 20.8 Å². The standard InChI is InChI=1S/C21H30N2O5/c1-20(2,3)27-18(25)16-9-7-15(8-10-16)13-23(19(26)28-21(4,5)6)22-12-11-17(24)14-22/h7-10H,11-14H2,1-6H3. The van der Waals surface area contributed by atoms with Crippen LogP contribution in [0.2, 0.25) is 0 Å². The first kappa shape index (κ1) is 21.9. The van der Waals surface area contributed by atoms with Crippen molar-refractivity contribution in [1.29, 1.82) is 0 Å². The third-order valence-corrected chi connectivity index (χ3v) is 3.87. The zero-order chi connectivity index (χ0) is 21.1. The molecule has 154 valence electrons. The van der Waals surface area contributed by atoms with Crippen molar-refractivity contribution >= 4 is 17.8 Å². The summed E-state index contributed by atoms with van der Waals surface area (Å²) in [6.07, 6.45) is -0.0879. The molecule has 0 saturated carbocycles. The number of Topliss-reactive ketones (excluding diaryl/α,β-unsaturated/α-hetero) is 1.